The van der Waals surface area contributed by atoms with Crippen LogP contribution < -0.4 is 10.1 Å². The van der Waals surface area contributed by atoms with Crippen LogP contribution in [-0.2, 0) is 5.75 Å². The van der Waals surface area contributed by atoms with E-state index in [4.69, 9.17) is 4.74 Å². The van der Waals surface area contributed by atoms with Crippen LogP contribution in [0.15, 0.2) is 52.9 Å². The van der Waals surface area contributed by atoms with Crippen molar-refractivity contribution in [3.05, 3.63) is 65.2 Å². The van der Waals surface area contributed by atoms with Gasteiger partial charge in [0.25, 0.3) is 5.91 Å². The quantitative estimate of drug-likeness (QED) is 0.282. The topological polar surface area (TPSA) is 64.1 Å². The van der Waals surface area contributed by atoms with Crippen molar-refractivity contribution in [2.45, 2.75) is 36.8 Å². The Morgan fingerprint density at radius 2 is 1.93 bits per heavy atom. The minimum absolute atomic E-state index is 0.238. The van der Waals surface area contributed by atoms with E-state index in [2.05, 4.69) is 53.6 Å². The van der Waals surface area contributed by atoms with Crippen LogP contribution in [0.1, 0.15) is 41.3 Å². The third kappa shape index (κ3) is 5.81. The summed E-state index contributed by atoms with van der Waals surface area (Å²) in [6.07, 6.45) is 2.00. The first-order chi connectivity index (χ1) is 13.7. The maximum Gasteiger partial charge on any atom is 0.261 e. The monoisotopic (exact) mass is 413 g/mol. The van der Waals surface area contributed by atoms with Crippen LogP contribution in [0.3, 0.4) is 0 Å². The summed E-state index contributed by atoms with van der Waals surface area (Å²) < 4.78 is 6.56. The predicted octanol–water partition coefficient (Wildman–Crippen LogP) is 5.57. The lowest BCUT2D eigenvalue weighted by molar-refractivity contribution is 0.102. The molecule has 0 aliphatic rings. The van der Waals surface area contributed by atoms with Crippen LogP contribution in [0, 0.1) is 6.92 Å². The summed E-state index contributed by atoms with van der Waals surface area (Å²) in [5.74, 6) is 1.17. The van der Waals surface area contributed by atoms with Gasteiger partial charge < -0.3 is 4.74 Å². The highest BCUT2D eigenvalue weighted by molar-refractivity contribution is 8.00. The minimum Gasteiger partial charge on any atom is -0.493 e. The zero-order valence-corrected chi connectivity index (χ0v) is 17.6. The third-order valence-electron chi connectivity index (χ3n) is 4.00. The summed E-state index contributed by atoms with van der Waals surface area (Å²) in [6, 6.07) is 15.7. The molecule has 2 aromatic carbocycles. The molecule has 7 heteroatoms. The number of hydrogen-bond acceptors (Lipinski definition) is 6. The number of nitrogens with one attached hydrogen (secondary N) is 1. The second kappa shape index (κ2) is 10.2. The molecule has 5 nitrogen and oxygen atoms in total. The molecular formula is C21H23N3O2S2. The molecular weight excluding hydrogens is 390 g/mol. The fourth-order valence-electron chi connectivity index (χ4n) is 2.42. The first-order valence-electron chi connectivity index (χ1n) is 9.20. The van der Waals surface area contributed by atoms with Crippen molar-refractivity contribution < 1.29 is 9.53 Å². The molecule has 0 bridgehead atoms. The van der Waals surface area contributed by atoms with Gasteiger partial charge in [-0.15, -0.1) is 10.2 Å². The summed E-state index contributed by atoms with van der Waals surface area (Å²) >= 11 is 2.98. The maximum absolute atomic E-state index is 12.6. The van der Waals surface area contributed by atoms with E-state index in [-0.39, 0.29) is 5.91 Å². The number of carbonyl (C=O) groups excluding carboxylic acids is 1. The van der Waals surface area contributed by atoms with Gasteiger partial charge in [0.1, 0.15) is 5.75 Å². The van der Waals surface area contributed by atoms with Crippen LogP contribution in [0.5, 0.6) is 5.75 Å². The molecule has 1 amide bonds. The van der Waals surface area contributed by atoms with E-state index in [9.17, 15) is 4.79 Å². The molecule has 0 fully saturated rings. The smallest absolute Gasteiger partial charge is 0.261 e. The van der Waals surface area contributed by atoms with Crippen molar-refractivity contribution in [3.8, 4) is 5.75 Å². The number of anilines is 1. The van der Waals surface area contributed by atoms with Crippen LogP contribution in [0.2, 0.25) is 0 Å². The van der Waals surface area contributed by atoms with Crippen molar-refractivity contribution >= 4 is 34.1 Å². The Morgan fingerprint density at radius 3 is 2.71 bits per heavy atom. The summed E-state index contributed by atoms with van der Waals surface area (Å²) in [5, 5.41) is 11.6. The fourth-order valence-corrected chi connectivity index (χ4v) is 4.12. The summed E-state index contributed by atoms with van der Waals surface area (Å²) in [5.41, 5.74) is 2.98. The molecule has 0 saturated heterocycles. The Hall–Kier alpha value is -2.38. The first kappa shape index (κ1) is 20.4. The Bertz CT molecular complexity index is 910. The lowest BCUT2D eigenvalue weighted by atomic mass is 10.2. The molecule has 0 aliphatic heterocycles. The number of aryl methyl sites for hydroxylation is 1. The maximum atomic E-state index is 12.6. The lowest BCUT2D eigenvalue weighted by Gasteiger charge is -2.10. The Kier molecular flexibility index (Phi) is 7.45. The van der Waals surface area contributed by atoms with Crippen molar-refractivity contribution in [3.63, 3.8) is 0 Å². The lowest BCUT2D eigenvalue weighted by Crippen LogP contribution is -2.13. The van der Waals surface area contributed by atoms with E-state index in [0.717, 1.165) is 22.9 Å². The molecule has 0 spiro atoms. The van der Waals surface area contributed by atoms with Crippen LogP contribution in [-0.4, -0.2) is 22.7 Å². The van der Waals surface area contributed by atoms with Gasteiger partial charge in [0.15, 0.2) is 4.34 Å². The molecule has 1 N–H and O–H groups in total. The molecule has 3 rings (SSSR count). The largest absolute Gasteiger partial charge is 0.493 e. The van der Waals surface area contributed by atoms with E-state index in [1.165, 1.54) is 22.5 Å². The second-order valence-corrected chi connectivity index (χ2v) is 8.50. The zero-order valence-electron chi connectivity index (χ0n) is 16.0. The van der Waals surface area contributed by atoms with E-state index in [0.29, 0.717) is 23.1 Å². The number of amides is 1. The van der Waals surface area contributed by atoms with Gasteiger partial charge in [-0.25, -0.2) is 0 Å². The van der Waals surface area contributed by atoms with Crippen molar-refractivity contribution in [1.82, 2.24) is 10.2 Å². The first-order valence-corrected chi connectivity index (χ1v) is 11.0. The van der Waals surface area contributed by atoms with Gasteiger partial charge in [0, 0.05) is 5.75 Å². The number of benzene rings is 2. The van der Waals surface area contributed by atoms with Crippen molar-refractivity contribution in [1.29, 1.82) is 0 Å². The molecule has 0 atom stereocenters. The van der Waals surface area contributed by atoms with Gasteiger partial charge in [0.2, 0.25) is 5.13 Å². The second-order valence-electron chi connectivity index (χ2n) is 6.30. The number of rotatable bonds is 9. The van der Waals surface area contributed by atoms with Crippen LogP contribution in [0.25, 0.3) is 0 Å². The zero-order chi connectivity index (χ0) is 19.8. The van der Waals surface area contributed by atoms with E-state index in [1.54, 1.807) is 17.8 Å². The van der Waals surface area contributed by atoms with E-state index in [1.807, 2.05) is 18.2 Å². The normalized spacial score (nSPS) is 10.6. The summed E-state index contributed by atoms with van der Waals surface area (Å²) in [4.78, 5) is 12.6. The molecule has 0 aliphatic carbocycles. The van der Waals surface area contributed by atoms with Gasteiger partial charge in [-0.1, -0.05) is 78.4 Å². The fraction of sp³-hybridized carbons (Fsp3) is 0.286. The van der Waals surface area contributed by atoms with Crippen molar-refractivity contribution in [2.24, 2.45) is 0 Å². The van der Waals surface area contributed by atoms with Gasteiger partial charge in [-0.2, -0.15) is 0 Å². The van der Waals surface area contributed by atoms with Crippen molar-refractivity contribution in [2.75, 3.05) is 11.9 Å². The number of thioether (sulfide) groups is 1. The summed E-state index contributed by atoms with van der Waals surface area (Å²) in [6.45, 7) is 4.77. The van der Waals surface area contributed by atoms with Gasteiger partial charge in [-0.05, 0) is 31.0 Å². The third-order valence-corrected chi connectivity index (χ3v) is 6.04. The number of nitrogens with zero attached hydrogens (tertiary/aromatic N) is 2. The number of aromatic nitrogens is 2. The predicted molar refractivity (Wildman–Crippen MR) is 115 cm³/mol. The average molecular weight is 414 g/mol. The van der Waals surface area contributed by atoms with E-state index >= 15 is 0 Å². The molecule has 1 aromatic heterocycles. The highest BCUT2D eigenvalue weighted by atomic mass is 32.2. The number of hydrogen-bond donors (Lipinski definition) is 1. The average Bonchev–Trinajstić information content (AvgIpc) is 3.15. The van der Waals surface area contributed by atoms with Crippen LogP contribution >= 0.6 is 23.1 Å². The standard InChI is InChI=1S/C21H23N3O2S2/c1-3-4-13-26-18-8-6-5-7-17(18)19(25)22-20-23-24-21(28-20)27-14-16-11-9-15(2)10-12-16/h5-12H,3-4,13-14H2,1-2H3,(H,22,23,25). The highest BCUT2D eigenvalue weighted by Crippen LogP contribution is 2.29. The van der Waals surface area contributed by atoms with Gasteiger partial charge in [0.05, 0.1) is 12.2 Å². The Labute approximate surface area is 173 Å². The summed E-state index contributed by atoms with van der Waals surface area (Å²) in [7, 11) is 0. The Balaban J connectivity index is 1.58. The van der Waals surface area contributed by atoms with Gasteiger partial charge >= 0.3 is 0 Å². The molecule has 0 unspecified atom stereocenters. The minimum atomic E-state index is -0.238. The SMILES string of the molecule is CCCCOc1ccccc1C(=O)Nc1nnc(SCc2ccc(C)cc2)s1. The number of carbonyl (C=O) groups is 1. The number of unbranched alkanes of at least 4 members (excludes halogenated alkanes) is 1. The van der Waals surface area contributed by atoms with Crippen LogP contribution in [0.4, 0.5) is 5.13 Å². The molecule has 28 heavy (non-hydrogen) atoms. The molecule has 3 aromatic rings. The number of para-hydroxylation sites is 1. The van der Waals surface area contributed by atoms with E-state index < -0.39 is 0 Å². The number of ether oxygens (including phenoxy) is 1. The Morgan fingerprint density at radius 1 is 1.14 bits per heavy atom. The molecule has 0 saturated carbocycles. The van der Waals surface area contributed by atoms with Gasteiger partial charge in [-0.3, -0.25) is 10.1 Å². The molecule has 146 valence electrons. The highest BCUT2D eigenvalue weighted by Gasteiger charge is 2.15. The molecule has 1 heterocycles. The molecule has 0 radical (unpaired) electrons.